The fourth-order valence-electron chi connectivity index (χ4n) is 3.38. The molecule has 11 heteroatoms. The number of benzene rings is 1. The van der Waals surface area contributed by atoms with E-state index in [4.69, 9.17) is 10.5 Å². The van der Waals surface area contributed by atoms with Crippen molar-refractivity contribution in [2.75, 3.05) is 18.5 Å². The number of amides is 1. The van der Waals surface area contributed by atoms with Crippen LogP contribution in [0.3, 0.4) is 0 Å². The second-order valence-corrected chi connectivity index (χ2v) is 7.19. The lowest BCUT2D eigenvalue weighted by molar-refractivity contribution is -0.384. The molecule has 0 atom stereocenters. The molecule has 0 saturated carbocycles. The van der Waals surface area contributed by atoms with E-state index >= 15 is 0 Å². The number of carbonyl (C=O) groups excluding carboxylic acids is 1. The van der Waals surface area contributed by atoms with E-state index in [2.05, 4.69) is 20.4 Å². The van der Waals surface area contributed by atoms with Gasteiger partial charge in [0.1, 0.15) is 12.0 Å². The molecule has 0 unspecified atom stereocenters. The summed E-state index contributed by atoms with van der Waals surface area (Å²) in [6.45, 7) is 1.45. The number of hydrogen-bond acceptors (Lipinski definition) is 8. The summed E-state index contributed by atoms with van der Waals surface area (Å²) < 4.78 is 7.32. The summed E-state index contributed by atoms with van der Waals surface area (Å²) in [5.41, 5.74) is 6.78. The van der Waals surface area contributed by atoms with Crippen LogP contribution >= 0.6 is 0 Å². The molecule has 3 aromatic rings. The molecule has 1 aliphatic rings. The van der Waals surface area contributed by atoms with Crippen LogP contribution in [0.2, 0.25) is 0 Å². The Bertz CT molecular complexity index is 1090. The molecular weight excluding hydrogens is 402 g/mol. The van der Waals surface area contributed by atoms with Crippen molar-refractivity contribution in [1.29, 1.82) is 0 Å². The lowest BCUT2D eigenvalue weighted by Crippen LogP contribution is -2.19. The monoisotopic (exact) mass is 423 g/mol. The van der Waals surface area contributed by atoms with Crippen LogP contribution in [0.1, 0.15) is 40.6 Å². The lowest BCUT2D eigenvalue weighted by atomic mass is 10.1. The highest BCUT2D eigenvalue weighted by atomic mass is 16.6. The Morgan fingerprint density at radius 2 is 2.00 bits per heavy atom. The van der Waals surface area contributed by atoms with Crippen molar-refractivity contribution in [3.05, 3.63) is 69.9 Å². The number of nitro groups is 1. The Kier molecular flexibility index (Phi) is 5.85. The number of nitrogens with two attached hydrogens (primary N) is 1. The van der Waals surface area contributed by atoms with E-state index in [0.29, 0.717) is 29.5 Å². The molecule has 3 heterocycles. The van der Waals surface area contributed by atoms with Gasteiger partial charge < -0.3 is 15.8 Å². The van der Waals surface area contributed by atoms with Crippen molar-refractivity contribution in [2.45, 2.75) is 25.3 Å². The summed E-state index contributed by atoms with van der Waals surface area (Å²) in [7, 11) is 0. The standard InChI is InChI=1S/C20H21N7O4/c21-19(28)14-1-3-15(4-2-14)24-20-17(27(29)30)11-22-18(25-20)9-13-10-23-26(12-13)16-5-7-31-8-6-16/h1-4,10-12,16H,5-9H2,(H2,21,28)(H,22,24,25). The molecule has 3 N–H and O–H groups in total. The van der Waals surface area contributed by atoms with Crippen molar-refractivity contribution in [1.82, 2.24) is 19.7 Å². The Hall–Kier alpha value is -3.86. The first-order chi connectivity index (χ1) is 15.0. The third-order valence-corrected chi connectivity index (χ3v) is 5.03. The summed E-state index contributed by atoms with van der Waals surface area (Å²) in [5.74, 6) is -0.0600. The van der Waals surface area contributed by atoms with Gasteiger partial charge in [0.15, 0.2) is 0 Å². The SMILES string of the molecule is NC(=O)c1ccc(Nc2nc(Cc3cnn(C4CCOCC4)c3)ncc2[N+](=O)[O-])cc1. The molecule has 0 spiro atoms. The minimum absolute atomic E-state index is 0.0682. The normalized spacial score (nSPS) is 14.3. The minimum atomic E-state index is -0.553. The van der Waals surface area contributed by atoms with Crippen molar-refractivity contribution in [3.8, 4) is 0 Å². The molecule has 0 bridgehead atoms. The summed E-state index contributed by atoms with van der Waals surface area (Å²) in [6.07, 6.45) is 7.11. The van der Waals surface area contributed by atoms with Gasteiger partial charge in [-0.1, -0.05) is 0 Å². The molecular formula is C20H21N7O4. The molecule has 160 valence electrons. The van der Waals surface area contributed by atoms with E-state index in [1.54, 1.807) is 18.3 Å². The van der Waals surface area contributed by atoms with Crippen molar-refractivity contribution >= 4 is 23.1 Å². The highest BCUT2D eigenvalue weighted by Gasteiger charge is 2.19. The fraction of sp³-hybridized carbons (Fsp3) is 0.300. The van der Waals surface area contributed by atoms with Gasteiger partial charge in [-0.05, 0) is 42.7 Å². The number of hydrogen-bond donors (Lipinski definition) is 2. The number of nitrogens with zero attached hydrogens (tertiary/aromatic N) is 5. The molecule has 1 amide bonds. The first-order valence-electron chi connectivity index (χ1n) is 9.77. The smallest absolute Gasteiger partial charge is 0.329 e. The van der Waals surface area contributed by atoms with Gasteiger partial charge in [0.05, 0.1) is 17.2 Å². The van der Waals surface area contributed by atoms with Crippen LogP contribution < -0.4 is 11.1 Å². The van der Waals surface area contributed by atoms with E-state index in [1.165, 1.54) is 18.3 Å². The quantitative estimate of drug-likeness (QED) is 0.434. The molecule has 1 fully saturated rings. The molecule has 0 aliphatic carbocycles. The van der Waals surface area contributed by atoms with Gasteiger partial charge in [0.25, 0.3) is 0 Å². The minimum Gasteiger partial charge on any atom is -0.381 e. The number of primary amides is 1. The Morgan fingerprint density at radius 1 is 1.26 bits per heavy atom. The first kappa shape index (κ1) is 20.4. The van der Waals surface area contributed by atoms with E-state index in [0.717, 1.165) is 31.6 Å². The van der Waals surface area contributed by atoms with Crippen LogP contribution in [0.15, 0.2) is 42.9 Å². The average molecular weight is 423 g/mol. The van der Waals surface area contributed by atoms with E-state index in [1.807, 2.05) is 10.9 Å². The Balaban J connectivity index is 1.53. The molecule has 2 aromatic heterocycles. The van der Waals surface area contributed by atoms with Crippen molar-refractivity contribution < 1.29 is 14.5 Å². The predicted octanol–water partition coefficient (Wildman–Crippen LogP) is 2.37. The highest BCUT2D eigenvalue weighted by Crippen LogP contribution is 2.26. The van der Waals surface area contributed by atoms with Gasteiger partial charge >= 0.3 is 5.69 Å². The molecule has 0 radical (unpaired) electrons. The molecule has 31 heavy (non-hydrogen) atoms. The van der Waals surface area contributed by atoms with Gasteiger partial charge in [-0.3, -0.25) is 19.6 Å². The van der Waals surface area contributed by atoms with Crippen molar-refractivity contribution in [2.24, 2.45) is 5.73 Å². The second kappa shape index (κ2) is 8.88. The van der Waals surface area contributed by atoms with Crippen LogP contribution in [-0.2, 0) is 11.2 Å². The van der Waals surface area contributed by atoms with Crippen molar-refractivity contribution in [3.63, 3.8) is 0 Å². The third kappa shape index (κ3) is 4.83. The number of rotatable bonds is 7. The molecule has 4 rings (SSSR count). The van der Waals surface area contributed by atoms with Gasteiger partial charge in [-0.2, -0.15) is 5.10 Å². The topological polar surface area (TPSA) is 151 Å². The predicted molar refractivity (Wildman–Crippen MR) is 111 cm³/mol. The number of anilines is 2. The maximum Gasteiger partial charge on any atom is 0.329 e. The molecule has 1 saturated heterocycles. The van der Waals surface area contributed by atoms with Gasteiger partial charge in [0.2, 0.25) is 11.7 Å². The molecule has 11 nitrogen and oxygen atoms in total. The zero-order valence-electron chi connectivity index (χ0n) is 16.6. The van der Waals surface area contributed by atoms with Crippen LogP contribution in [0, 0.1) is 10.1 Å². The highest BCUT2D eigenvalue weighted by molar-refractivity contribution is 5.93. The number of ether oxygens (including phenoxy) is 1. The Morgan fingerprint density at radius 3 is 2.68 bits per heavy atom. The fourth-order valence-corrected chi connectivity index (χ4v) is 3.38. The lowest BCUT2D eigenvalue weighted by Gasteiger charge is -2.22. The number of carbonyl (C=O) groups is 1. The van der Waals surface area contributed by atoms with Gasteiger partial charge in [-0.15, -0.1) is 0 Å². The van der Waals surface area contributed by atoms with Crippen LogP contribution in [0.5, 0.6) is 0 Å². The largest absolute Gasteiger partial charge is 0.381 e. The summed E-state index contributed by atoms with van der Waals surface area (Å²) >= 11 is 0. The maximum absolute atomic E-state index is 11.4. The Labute approximate surface area is 177 Å². The van der Waals surface area contributed by atoms with Crippen LogP contribution in [0.4, 0.5) is 17.2 Å². The third-order valence-electron chi connectivity index (χ3n) is 5.03. The first-order valence-corrected chi connectivity index (χ1v) is 9.77. The number of aromatic nitrogens is 4. The summed E-state index contributed by atoms with van der Waals surface area (Å²) in [4.78, 5) is 30.6. The van der Waals surface area contributed by atoms with Crippen LogP contribution in [0.25, 0.3) is 0 Å². The van der Waals surface area contributed by atoms with E-state index < -0.39 is 10.8 Å². The zero-order valence-corrected chi connectivity index (χ0v) is 16.6. The average Bonchev–Trinajstić information content (AvgIpc) is 3.23. The molecule has 1 aliphatic heterocycles. The molecule has 1 aromatic carbocycles. The maximum atomic E-state index is 11.4. The second-order valence-electron chi connectivity index (χ2n) is 7.19. The zero-order chi connectivity index (χ0) is 21.8. The summed E-state index contributed by atoms with van der Waals surface area (Å²) in [6, 6.07) is 6.57. The van der Waals surface area contributed by atoms with E-state index in [-0.39, 0.29) is 11.5 Å². The number of nitrogens with one attached hydrogen (secondary N) is 1. The summed E-state index contributed by atoms with van der Waals surface area (Å²) in [5, 5.41) is 18.8. The van der Waals surface area contributed by atoms with E-state index in [9.17, 15) is 14.9 Å². The van der Waals surface area contributed by atoms with Gasteiger partial charge in [0, 0.05) is 37.1 Å². The van der Waals surface area contributed by atoms with Gasteiger partial charge in [-0.25, -0.2) is 9.97 Å². The van der Waals surface area contributed by atoms with Crippen LogP contribution in [-0.4, -0.2) is 43.8 Å².